The van der Waals surface area contributed by atoms with Gasteiger partial charge in [-0.1, -0.05) is 12.8 Å². The molecule has 3 atom stereocenters. The van der Waals surface area contributed by atoms with Gasteiger partial charge in [-0.15, -0.1) is 0 Å². The molecule has 0 aromatic rings. The third-order valence-electron chi connectivity index (χ3n) is 3.84. The summed E-state index contributed by atoms with van der Waals surface area (Å²) in [6, 6.07) is 0.0754. The van der Waals surface area contributed by atoms with Gasteiger partial charge < -0.3 is 5.11 Å². The molecule has 0 aromatic heterocycles. The van der Waals surface area contributed by atoms with E-state index in [1.54, 1.807) is 0 Å². The number of nitrogens with one attached hydrogen (secondary N) is 1. The first-order chi connectivity index (χ1) is 7.88. The van der Waals surface area contributed by atoms with Crippen molar-refractivity contribution >= 4 is 5.97 Å². The molecule has 4 nitrogen and oxygen atoms in total. The number of carboxylic acid groups (broad SMARTS) is 1. The molecule has 2 fully saturated rings. The first kappa shape index (κ1) is 12.8. The Morgan fingerprint density at radius 1 is 1.29 bits per heavy atom. The van der Waals surface area contributed by atoms with Crippen LogP contribution in [0.15, 0.2) is 0 Å². The maximum Gasteiger partial charge on any atom is 0.322 e. The molecule has 0 amide bonds. The van der Waals surface area contributed by atoms with Crippen molar-refractivity contribution in [2.75, 3.05) is 0 Å². The third-order valence-corrected chi connectivity index (χ3v) is 3.84. The van der Waals surface area contributed by atoms with E-state index in [0.717, 1.165) is 12.8 Å². The van der Waals surface area contributed by atoms with Crippen LogP contribution in [-0.2, 0) is 4.79 Å². The fourth-order valence-electron chi connectivity index (χ4n) is 3.23. The molecular weight excluding hydrogens is 216 g/mol. The molecule has 1 aliphatic heterocycles. The van der Waals surface area contributed by atoms with Gasteiger partial charge in [-0.2, -0.15) is 0 Å². The summed E-state index contributed by atoms with van der Waals surface area (Å²) < 4.78 is 0. The second-order valence-corrected chi connectivity index (χ2v) is 6.47. The molecule has 1 heterocycles. The van der Waals surface area contributed by atoms with E-state index in [-0.39, 0.29) is 11.6 Å². The lowest BCUT2D eigenvalue weighted by Crippen LogP contribution is -2.57. The highest BCUT2D eigenvalue weighted by molar-refractivity contribution is 5.74. The van der Waals surface area contributed by atoms with Crippen LogP contribution in [0.5, 0.6) is 0 Å². The number of nitrogens with zero attached hydrogens (tertiary/aromatic N) is 1. The second kappa shape index (κ2) is 4.58. The summed E-state index contributed by atoms with van der Waals surface area (Å²) in [7, 11) is 0. The Hall–Kier alpha value is -0.610. The van der Waals surface area contributed by atoms with Crippen LogP contribution in [0.4, 0.5) is 0 Å². The highest BCUT2D eigenvalue weighted by Crippen LogP contribution is 2.39. The summed E-state index contributed by atoms with van der Waals surface area (Å²) in [4.78, 5) is 11.4. The summed E-state index contributed by atoms with van der Waals surface area (Å²) in [5.41, 5.74) is 3.33. The highest BCUT2D eigenvalue weighted by atomic mass is 16.4. The van der Waals surface area contributed by atoms with Gasteiger partial charge in [0.2, 0.25) is 0 Å². The van der Waals surface area contributed by atoms with Crippen molar-refractivity contribution in [1.29, 1.82) is 0 Å². The number of carbonyl (C=O) groups is 1. The van der Waals surface area contributed by atoms with Crippen molar-refractivity contribution in [3.63, 3.8) is 0 Å². The van der Waals surface area contributed by atoms with Crippen LogP contribution in [0.2, 0.25) is 0 Å². The lowest BCUT2D eigenvalue weighted by atomic mass is 9.85. The average molecular weight is 240 g/mol. The van der Waals surface area contributed by atoms with E-state index in [2.05, 4.69) is 26.2 Å². The SMILES string of the molecule is CC(C)(C)NN1C(C(=O)O)CC2CCCCC21. The maximum atomic E-state index is 11.4. The van der Waals surface area contributed by atoms with Gasteiger partial charge in [-0.05, 0) is 46.0 Å². The molecule has 0 spiro atoms. The molecule has 0 bridgehead atoms. The monoisotopic (exact) mass is 240 g/mol. The third kappa shape index (κ3) is 2.80. The summed E-state index contributed by atoms with van der Waals surface area (Å²) >= 11 is 0. The van der Waals surface area contributed by atoms with E-state index in [9.17, 15) is 9.90 Å². The molecule has 1 saturated carbocycles. The molecule has 0 radical (unpaired) electrons. The quantitative estimate of drug-likeness (QED) is 0.775. The zero-order valence-corrected chi connectivity index (χ0v) is 11.1. The van der Waals surface area contributed by atoms with E-state index in [4.69, 9.17) is 0 Å². The molecule has 2 N–H and O–H groups in total. The number of rotatable bonds is 2. The molecule has 2 aliphatic rings. The van der Waals surface area contributed by atoms with E-state index >= 15 is 0 Å². The van der Waals surface area contributed by atoms with Gasteiger partial charge in [0.05, 0.1) is 0 Å². The van der Waals surface area contributed by atoms with Crippen molar-refractivity contribution in [2.45, 2.75) is 70.5 Å². The van der Waals surface area contributed by atoms with Crippen molar-refractivity contribution < 1.29 is 9.90 Å². The molecule has 4 heteroatoms. The average Bonchev–Trinajstić information content (AvgIpc) is 2.55. The van der Waals surface area contributed by atoms with E-state index < -0.39 is 5.97 Å². The van der Waals surface area contributed by atoms with Crippen molar-refractivity contribution in [1.82, 2.24) is 10.4 Å². The van der Waals surface area contributed by atoms with Crippen LogP contribution in [0.25, 0.3) is 0 Å². The zero-order chi connectivity index (χ0) is 12.6. The smallest absolute Gasteiger partial charge is 0.322 e. The van der Waals surface area contributed by atoms with Gasteiger partial charge in [0.15, 0.2) is 0 Å². The Morgan fingerprint density at radius 2 is 1.94 bits per heavy atom. The number of aliphatic carboxylic acids is 1. The Balaban J connectivity index is 2.14. The minimum Gasteiger partial charge on any atom is -0.480 e. The molecule has 2 rings (SSSR count). The van der Waals surface area contributed by atoms with Crippen molar-refractivity contribution in [2.24, 2.45) is 5.92 Å². The lowest BCUT2D eigenvalue weighted by molar-refractivity contribution is -0.144. The van der Waals surface area contributed by atoms with Crippen molar-refractivity contribution in [3.8, 4) is 0 Å². The zero-order valence-electron chi connectivity index (χ0n) is 11.1. The molecule has 0 aromatic carbocycles. The predicted molar refractivity (Wildman–Crippen MR) is 66.5 cm³/mol. The molecule has 1 aliphatic carbocycles. The van der Waals surface area contributed by atoms with E-state index in [1.165, 1.54) is 19.3 Å². The number of carboxylic acids is 1. The van der Waals surface area contributed by atoms with Gasteiger partial charge in [-0.25, -0.2) is 10.4 Å². The summed E-state index contributed by atoms with van der Waals surface area (Å²) in [5, 5.41) is 11.4. The molecule has 98 valence electrons. The first-order valence-electron chi connectivity index (χ1n) is 6.67. The highest BCUT2D eigenvalue weighted by Gasteiger charge is 2.46. The normalized spacial score (nSPS) is 34.6. The van der Waals surface area contributed by atoms with Crippen LogP contribution in [-0.4, -0.2) is 33.7 Å². The molecule has 1 saturated heterocycles. The fraction of sp³-hybridized carbons (Fsp3) is 0.923. The van der Waals surface area contributed by atoms with Gasteiger partial charge >= 0.3 is 5.97 Å². The second-order valence-electron chi connectivity index (χ2n) is 6.47. The van der Waals surface area contributed by atoms with Gasteiger partial charge in [0.1, 0.15) is 6.04 Å². The summed E-state index contributed by atoms with van der Waals surface area (Å²) in [6.07, 6.45) is 5.63. The minimum atomic E-state index is -0.684. The Bertz CT molecular complexity index is 298. The lowest BCUT2D eigenvalue weighted by Gasteiger charge is -2.37. The van der Waals surface area contributed by atoms with Crippen LogP contribution in [0.3, 0.4) is 0 Å². The minimum absolute atomic E-state index is 0.0694. The number of fused-ring (bicyclic) bond motifs is 1. The van der Waals surface area contributed by atoms with E-state index in [0.29, 0.717) is 12.0 Å². The Labute approximate surface area is 103 Å². The standard InChI is InChI=1S/C13H24N2O2/c1-13(2,3)14-15-10-7-5-4-6-9(10)8-11(15)12(16)17/h9-11,14H,4-8H2,1-3H3,(H,16,17). The Morgan fingerprint density at radius 3 is 2.53 bits per heavy atom. The predicted octanol–water partition coefficient (Wildman–Crippen LogP) is 2.01. The van der Waals surface area contributed by atoms with Crippen LogP contribution < -0.4 is 5.43 Å². The number of hydrazine groups is 1. The summed E-state index contributed by atoms with van der Waals surface area (Å²) in [6.45, 7) is 6.26. The number of hydrogen-bond donors (Lipinski definition) is 2. The summed E-state index contributed by atoms with van der Waals surface area (Å²) in [5.74, 6) is -0.115. The van der Waals surface area contributed by atoms with E-state index in [1.807, 2.05) is 5.01 Å². The molecule has 3 unspecified atom stereocenters. The van der Waals surface area contributed by atoms with Crippen LogP contribution in [0.1, 0.15) is 52.9 Å². The van der Waals surface area contributed by atoms with Crippen molar-refractivity contribution in [3.05, 3.63) is 0 Å². The fourth-order valence-corrected chi connectivity index (χ4v) is 3.23. The van der Waals surface area contributed by atoms with Crippen LogP contribution >= 0.6 is 0 Å². The van der Waals surface area contributed by atoms with Crippen LogP contribution in [0, 0.1) is 5.92 Å². The van der Waals surface area contributed by atoms with Gasteiger partial charge in [0.25, 0.3) is 0 Å². The molecule has 17 heavy (non-hydrogen) atoms. The molecular formula is C13H24N2O2. The van der Waals surface area contributed by atoms with Gasteiger partial charge in [-0.3, -0.25) is 4.79 Å². The Kier molecular flexibility index (Phi) is 3.46. The first-order valence-corrected chi connectivity index (χ1v) is 6.67. The topological polar surface area (TPSA) is 52.6 Å². The number of hydrogen-bond acceptors (Lipinski definition) is 3. The largest absolute Gasteiger partial charge is 0.480 e. The van der Waals surface area contributed by atoms with Gasteiger partial charge in [0, 0.05) is 11.6 Å². The maximum absolute atomic E-state index is 11.4.